The number of likely N-dealkylation sites (tertiary alicyclic amines) is 1. The third-order valence-corrected chi connectivity index (χ3v) is 5.58. The number of aryl methyl sites for hydroxylation is 1. The summed E-state index contributed by atoms with van der Waals surface area (Å²) in [6.07, 6.45) is 0.764. The molecule has 3 aromatic rings. The lowest BCUT2D eigenvalue weighted by Gasteiger charge is -2.20. The average Bonchev–Trinajstić information content (AvgIpc) is 3.09. The van der Waals surface area contributed by atoms with Crippen molar-refractivity contribution in [2.24, 2.45) is 0 Å². The van der Waals surface area contributed by atoms with Gasteiger partial charge >= 0.3 is 0 Å². The van der Waals surface area contributed by atoms with Crippen LogP contribution in [-0.2, 0) is 0 Å². The van der Waals surface area contributed by atoms with Gasteiger partial charge in [-0.3, -0.25) is 4.90 Å². The van der Waals surface area contributed by atoms with E-state index >= 15 is 0 Å². The van der Waals surface area contributed by atoms with Crippen LogP contribution in [-0.4, -0.2) is 60.4 Å². The van der Waals surface area contributed by atoms with Crippen molar-refractivity contribution in [1.82, 2.24) is 9.88 Å². The Kier molecular flexibility index (Phi) is 6.07. The zero-order valence-corrected chi connectivity index (χ0v) is 17.6. The number of aliphatic hydroxyl groups excluding tert-OH is 1. The van der Waals surface area contributed by atoms with Crippen molar-refractivity contribution >= 4 is 10.8 Å². The van der Waals surface area contributed by atoms with E-state index < -0.39 is 12.0 Å². The third-order valence-electron chi connectivity index (χ3n) is 5.58. The van der Waals surface area contributed by atoms with Crippen molar-refractivity contribution in [2.45, 2.75) is 25.4 Å². The van der Waals surface area contributed by atoms with E-state index in [-0.39, 0.29) is 32.7 Å². The highest BCUT2D eigenvalue weighted by Gasteiger charge is 2.38. The first-order valence-electron chi connectivity index (χ1n) is 10.3. The van der Waals surface area contributed by atoms with Crippen LogP contribution in [0.5, 0.6) is 11.6 Å². The maximum Gasteiger partial charge on any atom is 0.261 e. The van der Waals surface area contributed by atoms with Crippen molar-refractivity contribution in [2.75, 3.05) is 33.4 Å². The number of benzene rings is 2. The molecule has 1 unspecified atom stereocenters. The number of aliphatic hydroxyl groups is 1. The van der Waals surface area contributed by atoms with Gasteiger partial charge in [0, 0.05) is 37.3 Å². The van der Waals surface area contributed by atoms with Crippen LogP contribution in [0.25, 0.3) is 21.9 Å². The number of methoxy groups -OCH3 is 1. The van der Waals surface area contributed by atoms with Crippen molar-refractivity contribution < 1.29 is 23.4 Å². The number of pyridine rings is 1. The number of fused-ring (bicyclic) bond motifs is 1. The molecular formula is C24H26F2N2O3. The van der Waals surface area contributed by atoms with Gasteiger partial charge < -0.3 is 14.6 Å². The number of halogens is 2. The van der Waals surface area contributed by atoms with Crippen LogP contribution in [0.15, 0.2) is 48.7 Å². The molecule has 164 valence electrons. The van der Waals surface area contributed by atoms with E-state index in [0.717, 1.165) is 27.5 Å². The Balaban J connectivity index is 1.55. The number of rotatable bonds is 7. The SMILES string of the molecule is COc1cc(C)c(-c2cc(OCC(O)CN3CCC(F)(F)C3)cc3ccccc23)cn1. The van der Waals surface area contributed by atoms with Gasteiger partial charge in [-0.25, -0.2) is 13.8 Å². The van der Waals surface area contributed by atoms with E-state index in [9.17, 15) is 13.9 Å². The lowest BCUT2D eigenvalue weighted by Crippen LogP contribution is -2.35. The van der Waals surface area contributed by atoms with Crippen LogP contribution in [0.4, 0.5) is 8.78 Å². The molecular weight excluding hydrogens is 402 g/mol. The van der Waals surface area contributed by atoms with E-state index in [2.05, 4.69) is 4.98 Å². The molecule has 1 aliphatic heterocycles. The summed E-state index contributed by atoms with van der Waals surface area (Å²) in [5.74, 6) is -1.51. The van der Waals surface area contributed by atoms with E-state index in [1.54, 1.807) is 18.2 Å². The number of hydrogen-bond donors (Lipinski definition) is 1. The Bertz CT molecular complexity index is 1070. The Morgan fingerprint density at radius 2 is 2.00 bits per heavy atom. The average molecular weight is 428 g/mol. The molecule has 1 aromatic heterocycles. The maximum atomic E-state index is 13.4. The summed E-state index contributed by atoms with van der Waals surface area (Å²) in [4.78, 5) is 5.92. The predicted molar refractivity (Wildman–Crippen MR) is 116 cm³/mol. The smallest absolute Gasteiger partial charge is 0.261 e. The summed E-state index contributed by atoms with van der Waals surface area (Å²) >= 11 is 0. The van der Waals surface area contributed by atoms with E-state index in [0.29, 0.717) is 11.6 Å². The lowest BCUT2D eigenvalue weighted by molar-refractivity contribution is 0.00461. The number of nitrogens with zero attached hydrogens (tertiary/aromatic N) is 2. The van der Waals surface area contributed by atoms with Gasteiger partial charge in [-0.05, 0) is 41.0 Å². The van der Waals surface area contributed by atoms with Crippen LogP contribution in [0.1, 0.15) is 12.0 Å². The molecule has 5 nitrogen and oxygen atoms in total. The minimum Gasteiger partial charge on any atom is -0.491 e. The highest BCUT2D eigenvalue weighted by atomic mass is 19.3. The summed E-state index contributed by atoms with van der Waals surface area (Å²) in [5, 5.41) is 12.4. The van der Waals surface area contributed by atoms with Crippen LogP contribution >= 0.6 is 0 Å². The molecule has 7 heteroatoms. The quantitative estimate of drug-likeness (QED) is 0.608. The Labute approximate surface area is 180 Å². The zero-order valence-electron chi connectivity index (χ0n) is 17.6. The number of alkyl halides is 2. The summed E-state index contributed by atoms with van der Waals surface area (Å²) in [6.45, 7) is 2.16. The van der Waals surface area contributed by atoms with E-state index in [1.165, 1.54) is 0 Å². The Morgan fingerprint density at radius 1 is 1.19 bits per heavy atom. The molecule has 1 N–H and O–H groups in total. The van der Waals surface area contributed by atoms with Gasteiger partial charge in [0.2, 0.25) is 5.88 Å². The Morgan fingerprint density at radius 3 is 2.71 bits per heavy atom. The third kappa shape index (κ3) is 4.94. The van der Waals surface area contributed by atoms with Gasteiger partial charge in [-0.2, -0.15) is 0 Å². The second kappa shape index (κ2) is 8.77. The summed E-state index contributed by atoms with van der Waals surface area (Å²) in [6, 6.07) is 13.7. The fraction of sp³-hybridized carbons (Fsp3) is 0.375. The minimum absolute atomic E-state index is 0.0275. The summed E-state index contributed by atoms with van der Waals surface area (Å²) in [5.41, 5.74) is 2.95. The molecule has 0 aliphatic carbocycles. The molecule has 2 heterocycles. The van der Waals surface area contributed by atoms with Gasteiger partial charge in [0.15, 0.2) is 0 Å². The minimum atomic E-state index is -2.67. The van der Waals surface area contributed by atoms with Crippen molar-refractivity contribution in [3.8, 4) is 22.8 Å². The molecule has 1 aliphatic rings. The van der Waals surface area contributed by atoms with Gasteiger partial charge in [0.05, 0.1) is 13.7 Å². The highest BCUT2D eigenvalue weighted by molar-refractivity contribution is 5.98. The first-order chi connectivity index (χ1) is 14.8. The maximum absolute atomic E-state index is 13.4. The number of aromatic nitrogens is 1. The molecule has 0 amide bonds. The fourth-order valence-corrected chi connectivity index (χ4v) is 4.02. The number of ether oxygens (including phenoxy) is 2. The first-order valence-corrected chi connectivity index (χ1v) is 10.3. The van der Waals surface area contributed by atoms with Crippen molar-refractivity contribution in [1.29, 1.82) is 0 Å². The zero-order chi connectivity index (χ0) is 22.0. The van der Waals surface area contributed by atoms with Gasteiger partial charge in [0.25, 0.3) is 5.92 Å². The molecule has 0 saturated carbocycles. The van der Waals surface area contributed by atoms with Gasteiger partial charge in [0.1, 0.15) is 18.5 Å². The summed E-state index contributed by atoms with van der Waals surface area (Å²) < 4.78 is 37.8. The highest BCUT2D eigenvalue weighted by Crippen LogP contribution is 2.35. The van der Waals surface area contributed by atoms with Crippen LogP contribution in [0, 0.1) is 6.92 Å². The molecule has 1 saturated heterocycles. The molecule has 0 bridgehead atoms. The largest absolute Gasteiger partial charge is 0.491 e. The van der Waals surface area contributed by atoms with Crippen LogP contribution < -0.4 is 9.47 Å². The Hall–Kier alpha value is -2.77. The molecule has 1 fully saturated rings. The van der Waals surface area contributed by atoms with Gasteiger partial charge in [-0.1, -0.05) is 24.3 Å². The standard InChI is InChI=1S/C24H26F2N2O3/c1-16-9-23(30-2)27-12-22(16)21-11-19(10-17-5-3-4-6-20(17)21)31-14-18(29)13-28-8-7-24(25,26)15-28/h3-6,9-12,18,29H,7-8,13-15H2,1-2H3. The molecule has 0 radical (unpaired) electrons. The molecule has 2 aromatic carbocycles. The molecule has 4 rings (SSSR count). The second-order valence-electron chi connectivity index (χ2n) is 8.04. The molecule has 31 heavy (non-hydrogen) atoms. The second-order valence-corrected chi connectivity index (χ2v) is 8.04. The number of β-amino-alcohol motifs (C(OH)–C–C–N with tert-alkyl or cyclic N) is 1. The normalized spacial score (nSPS) is 17.1. The number of hydrogen-bond acceptors (Lipinski definition) is 5. The van der Waals surface area contributed by atoms with E-state index in [4.69, 9.17) is 9.47 Å². The topological polar surface area (TPSA) is 54.8 Å². The van der Waals surface area contributed by atoms with Crippen molar-refractivity contribution in [3.63, 3.8) is 0 Å². The van der Waals surface area contributed by atoms with Crippen LogP contribution in [0.2, 0.25) is 0 Å². The monoisotopic (exact) mass is 428 g/mol. The molecule has 0 spiro atoms. The summed E-state index contributed by atoms with van der Waals surface area (Å²) in [7, 11) is 1.58. The van der Waals surface area contributed by atoms with Crippen molar-refractivity contribution in [3.05, 3.63) is 54.2 Å². The lowest BCUT2D eigenvalue weighted by atomic mass is 9.96. The molecule has 1 atom stereocenters. The fourth-order valence-electron chi connectivity index (χ4n) is 4.02. The predicted octanol–water partition coefficient (Wildman–Crippen LogP) is 4.30. The first kappa shape index (κ1) is 21.5. The van der Waals surface area contributed by atoms with E-state index in [1.807, 2.05) is 49.4 Å². The van der Waals surface area contributed by atoms with Crippen LogP contribution in [0.3, 0.4) is 0 Å². The van der Waals surface area contributed by atoms with Gasteiger partial charge in [-0.15, -0.1) is 0 Å².